The monoisotopic (exact) mass is 356 g/mol. The van der Waals surface area contributed by atoms with Gasteiger partial charge < -0.3 is 14.3 Å². The van der Waals surface area contributed by atoms with Crippen LogP contribution < -0.4 is 11.2 Å². The van der Waals surface area contributed by atoms with Gasteiger partial charge in [0.05, 0.1) is 12.7 Å². The molecule has 2 rings (SSSR count). The van der Waals surface area contributed by atoms with E-state index >= 15 is 0 Å². The molecule has 3 atom stereocenters. The van der Waals surface area contributed by atoms with Gasteiger partial charge in [0.25, 0.3) is 5.56 Å². The molecule has 24 heavy (non-hydrogen) atoms. The first-order valence-corrected chi connectivity index (χ1v) is 11.1. The average molecular weight is 356 g/mol. The third kappa shape index (κ3) is 3.88. The molecular weight excluding hydrogens is 328 g/mol. The molecule has 1 aromatic rings. The molecule has 0 saturated carbocycles. The second kappa shape index (κ2) is 6.59. The van der Waals surface area contributed by atoms with Crippen molar-refractivity contribution in [2.24, 2.45) is 0 Å². The van der Waals surface area contributed by atoms with Gasteiger partial charge in [-0.05, 0) is 25.1 Å². The average Bonchev–Trinajstić information content (AvgIpc) is 2.80. The maximum absolute atomic E-state index is 12.0. The van der Waals surface area contributed by atoms with Gasteiger partial charge >= 0.3 is 5.69 Å². The fraction of sp³-hybridized carbons (Fsp3) is 0.750. The van der Waals surface area contributed by atoms with Crippen LogP contribution in [0.25, 0.3) is 0 Å². The van der Waals surface area contributed by atoms with Crippen LogP contribution in [0.15, 0.2) is 15.8 Å². The minimum Gasteiger partial charge on any atom is -0.414 e. The van der Waals surface area contributed by atoms with E-state index in [-0.39, 0.29) is 11.5 Å². The van der Waals surface area contributed by atoms with Crippen molar-refractivity contribution < 1.29 is 14.3 Å². The van der Waals surface area contributed by atoms with E-state index in [4.69, 9.17) is 9.16 Å². The van der Waals surface area contributed by atoms with Gasteiger partial charge in [-0.15, -0.1) is 0 Å². The number of H-pyrrole nitrogens is 1. The Balaban J connectivity index is 2.09. The Bertz CT molecular complexity index is 704. The molecule has 1 aliphatic heterocycles. The molecule has 0 bridgehead atoms. The molecule has 0 aliphatic carbocycles. The number of aliphatic hydroxyl groups is 1. The first-order chi connectivity index (χ1) is 10.9. The van der Waals surface area contributed by atoms with E-state index in [1.165, 1.54) is 10.8 Å². The Kier molecular flexibility index (Phi) is 5.24. The standard InChI is InChI=1S/C16H28N2O5Si/c1-10-8-18(15(21)17-14(10)20)13-7-11(19)12(23-13)9-22-24(5,6)16(2,3)4/h8,11-13,19H,7,9H2,1-6H3,(H,17,20,21)/t11?,12-,13-/m1/s1. The van der Waals surface area contributed by atoms with Crippen LogP contribution in [-0.2, 0) is 9.16 Å². The van der Waals surface area contributed by atoms with Gasteiger partial charge in [-0.3, -0.25) is 14.3 Å². The lowest BCUT2D eigenvalue weighted by Crippen LogP contribution is -2.43. The molecule has 136 valence electrons. The Morgan fingerprint density at radius 2 is 2.04 bits per heavy atom. The van der Waals surface area contributed by atoms with E-state index in [1.54, 1.807) is 6.92 Å². The van der Waals surface area contributed by atoms with E-state index in [9.17, 15) is 14.7 Å². The van der Waals surface area contributed by atoms with Gasteiger partial charge in [0.15, 0.2) is 8.32 Å². The second-order valence-electron chi connectivity index (χ2n) is 7.98. The fourth-order valence-electron chi connectivity index (χ4n) is 2.34. The van der Waals surface area contributed by atoms with E-state index in [1.807, 2.05) is 0 Å². The molecule has 1 aliphatic rings. The zero-order valence-electron chi connectivity index (χ0n) is 15.3. The summed E-state index contributed by atoms with van der Waals surface area (Å²) in [6.45, 7) is 12.6. The number of hydrogen-bond acceptors (Lipinski definition) is 5. The third-order valence-electron chi connectivity index (χ3n) is 5.07. The predicted octanol–water partition coefficient (Wildman–Crippen LogP) is 1.52. The summed E-state index contributed by atoms with van der Waals surface area (Å²) in [6, 6.07) is 0. The SMILES string of the molecule is Cc1cn([C@H]2CC(O)[C@@H](CO[Si](C)(C)C(C)(C)C)O2)c(=O)[nH]c1=O. The molecular formula is C16H28N2O5Si. The highest BCUT2D eigenvalue weighted by Crippen LogP contribution is 2.37. The van der Waals surface area contributed by atoms with E-state index in [0.29, 0.717) is 12.2 Å². The smallest absolute Gasteiger partial charge is 0.330 e. The molecule has 8 heteroatoms. The van der Waals surface area contributed by atoms with Gasteiger partial charge in [-0.1, -0.05) is 20.8 Å². The fourth-order valence-corrected chi connectivity index (χ4v) is 3.36. The number of ether oxygens (including phenoxy) is 1. The maximum atomic E-state index is 12.0. The van der Waals surface area contributed by atoms with Gasteiger partial charge in [-0.25, -0.2) is 4.79 Å². The van der Waals surface area contributed by atoms with Crippen molar-refractivity contribution in [1.29, 1.82) is 0 Å². The maximum Gasteiger partial charge on any atom is 0.330 e. The van der Waals surface area contributed by atoms with Crippen LogP contribution in [0.3, 0.4) is 0 Å². The van der Waals surface area contributed by atoms with Crippen molar-refractivity contribution in [3.8, 4) is 0 Å². The molecule has 0 aromatic carbocycles. The third-order valence-corrected chi connectivity index (χ3v) is 9.58. The summed E-state index contributed by atoms with van der Waals surface area (Å²) in [7, 11) is -1.94. The number of aliphatic hydroxyl groups excluding tert-OH is 1. The predicted molar refractivity (Wildman–Crippen MR) is 93.7 cm³/mol. The number of nitrogens with one attached hydrogen (secondary N) is 1. The van der Waals surface area contributed by atoms with Gasteiger partial charge in [0, 0.05) is 18.2 Å². The molecule has 1 unspecified atom stereocenters. The van der Waals surface area contributed by atoms with Gasteiger partial charge in [-0.2, -0.15) is 0 Å². The lowest BCUT2D eigenvalue weighted by atomic mass is 10.2. The second-order valence-corrected chi connectivity index (χ2v) is 12.8. The highest BCUT2D eigenvalue weighted by molar-refractivity contribution is 6.74. The molecule has 2 N–H and O–H groups in total. The number of aryl methyl sites for hydroxylation is 1. The van der Waals surface area contributed by atoms with Crippen molar-refractivity contribution in [1.82, 2.24) is 9.55 Å². The Morgan fingerprint density at radius 1 is 1.42 bits per heavy atom. The van der Waals surface area contributed by atoms with E-state index < -0.39 is 38.0 Å². The Hall–Kier alpha value is -1.22. The van der Waals surface area contributed by atoms with E-state index in [2.05, 4.69) is 38.8 Å². The minimum absolute atomic E-state index is 0.0723. The summed E-state index contributed by atoms with van der Waals surface area (Å²) in [5.74, 6) is 0. The Morgan fingerprint density at radius 3 is 2.62 bits per heavy atom. The van der Waals surface area contributed by atoms with Gasteiger partial charge in [0.2, 0.25) is 0 Å². The summed E-state index contributed by atoms with van der Waals surface area (Å²) < 4.78 is 13.3. The summed E-state index contributed by atoms with van der Waals surface area (Å²) in [5, 5.41) is 10.3. The Labute approximate surface area is 142 Å². The molecule has 7 nitrogen and oxygen atoms in total. The number of aromatic amines is 1. The molecule has 0 spiro atoms. The van der Waals surface area contributed by atoms with Gasteiger partial charge in [0.1, 0.15) is 12.3 Å². The van der Waals surface area contributed by atoms with Crippen LogP contribution in [0.2, 0.25) is 18.1 Å². The highest BCUT2D eigenvalue weighted by Gasteiger charge is 2.41. The van der Waals surface area contributed by atoms with Crippen LogP contribution in [0.5, 0.6) is 0 Å². The van der Waals surface area contributed by atoms with Crippen LogP contribution in [0, 0.1) is 6.92 Å². The van der Waals surface area contributed by atoms with Crippen molar-refractivity contribution >= 4 is 8.32 Å². The van der Waals surface area contributed by atoms with Crippen LogP contribution in [-0.4, -0.2) is 41.8 Å². The normalized spacial score (nSPS) is 25.2. The quantitative estimate of drug-likeness (QED) is 0.798. The molecule has 1 aromatic heterocycles. The molecule has 1 saturated heterocycles. The van der Waals surface area contributed by atoms with E-state index in [0.717, 1.165) is 0 Å². The molecule has 0 amide bonds. The van der Waals surface area contributed by atoms with Crippen LogP contribution in [0.4, 0.5) is 0 Å². The first-order valence-electron chi connectivity index (χ1n) is 8.22. The van der Waals surface area contributed by atoms with Crippen LogP contribution in [0.1, 0.15) is 39.0 Å². The largest absolute Gasteiger partial charge is 0.414 e. The van der Waals surface area contributed by atoms with Crippen LogP contribution >= 0.6 is 0 Å². The van der Waals surface area contributed by atoms with Crippen molar-refractivity contribution in [2.45, 2.75) is 70.7 Å². The zero-order valence-corrected chi connectivity index (χ0v) is 16.3. The molecule has 2 heterocycles. The number of nitrogens with zero attached hydrogens (tertiary/aromatic N) is 1. The summed E-state index contributed by atoms with van der Waals surface area (Å²) >= 11 is 0. The topological polar surface area (TPSA) is 93.6 Å². The first kappa shape index (κ1) is 19.1. The number of aromatic nitrogens is 2. The minimum atomic E-state index is -1.94. The lowest BCUT2D eigenvalue weighted by Gasteiger charge is -2.37. The van der Waals surface area contributed by atoms with Crippen molar-refractivity contribution in [3.63, 3.8) is 0 Å². The summed E-state index contributed by atoms with van der Waals surface area (Å²) in [4.78, 5) is 25.7. The zero-order chi connectivity index (χ0) is 18.3. The summed E-state index contributed by atoms with van der Waals surface area (Å²) in [6.07, 6.45) is -0.0368. The molecule has 1 fully saturated rings. The lowest BCUT2D eigenvalue weighted by molar-refractivity contribution is -0.0433. The highest BCUT2D eigenvalue weighted by atomic mass is 28.4. The van der Waals surface area contributed by atoms with Crippen molar-refractivity contribution in [3.05, 3.63) is 32.6 Å². The number of hydrogen-bond donors (Lipinski definition) is 2. The molecule has 0 radical (unpaired) electrons. The summed E-state index contributed by atoms with van der Waals surface area (Å²) in [5.41, 5.74) is -0.518. The number of rotatable bonds is 4. The van der Waals surface area contributed by atoms with Crippen molar-refractivity contribution in [2.75, 3.05) is 6.61 Å².